The van der Waals surface area contributed by atoms with Crippen LogP contribution in [0.3, 0.4) is 0 Å². The molecule has 1 N–H and O–H groups in total. The highest BCUT2D eigenvalue weighted by Crippen LogP contribution is 2.27. The number of carbonyl (C=O) groups excluding carboxylic acids is 1. The Morgan fingerprint density at radius 1 is 1.32 bits per heavy atom. The lowest BCUT2D eigenvalue weighted by Gasteiger charge is -2.15. The van der Waals surface area contributed by atoms with Crippen LogP contribution >= 0.6 is 11.8 Å². The molecule has 1 saturated heterocycles. The summed E-state index contributed by atoms with van der Waals surface area (Å²) in [6.45, 7) is 5.78. The minimum atomic E-state index is -2.90. The van der Waals surface area contributed by atoms with Crippen molar-refractivity contribution in [3.8, 4) is 0 Å². The highest BCUT2D eigenvalue weighted by atomic mass is 32.2. The van der Waals surface area contributed by atoms with Gasteiger partial charge in [-0.15, -0.1) is 10.2 Å². The van der Waals surface area contributed by atoms with Crippen LogP contribution in [0.5, 0.6) is 0 Å². The zero-order chi connectivity index (χ0) is 20.5. The average molecular weight is 423 g/mol. The van der Waals surface area contributed by atoms with Crippen molar-refractivity contribution in [3.05, 3.63) is 35.2 Å². The van der Waals surface area contributed by atoms with E-state index in [0.717, 1.165) is 22.6 Å². The third-order valence-corrected chi connectivity index (χ3v) is 8.07. The van der Waals surface area contributed by atoms with E-state index in [9.17, 15) is 13.2 Å². The van der Waals surface area contributed by atoms with E-state index in [0.29, 0.717) is 18.0 Å². The van der Waals surface area contributed by atoms with Gasteiger partial charge in [-0.05, 0) is 44.2 Å². The van der Waals surface area contributed by atoms with Gasteiger partial charge < -0.3 is 9.88 Å². The Labute approximate surface area is 170 Å². The van der Waals surface area contributed by atoms with Crippen LogP contribution in [-0.4, -0.2) is 45.8 Å². The molecule has 1 aliphatic rings. The maximum Gasteiger partial charge on any atom is 0.237 e. The van der Waals surface area contributed by atoms with Crippen LogP contribution in [-0.2, 0) is 28.1 Å². The third-order valence-electron chi connectivity index (χ3n) is 5.10. The number of aryl methyl sites for hydroxylation is 2. The first-order valence-corrected chi connectivity index (χ1v) is 12.0. The monoisotopic (exact) mass is 422 g/mol. The van der Waals surface area contributed by atoms with Gasteiger partial charge >= 0.3 is 0 Å². The lowest BCUT2D eigenvalue weighted by atomic mass is 10.1. The molecule has 3 rings (SSSR count). The minimum Gasteiger partial charge on any atom is -0.325 e. The van der Waals surface area contributed by atoms with E-state index in [-0.39, 0.29) is 28.6 Å². The zero-order valence-corrected chi connectivity index (χ0v) is 18.2. The van der Waals surface area contributed by atoms with Gasteiger partial charge in [0.2, 0.25) is 5.91 Å². The van der Waals surface area contributed by atoms with Crippen molar-refractivity contribution in [2.45, 2.75) is 44.0 Å². The average Bonchev–Trinajstić information content (AvgIpc) is 3.14. The lowest BCUT2D eigenvalue weighted by Crippen LogP contribution is -2.23. The van der Waals surface area contributed by atoms with Crippen molar-refractivity contribution in [2.24, 2.45) is 13.0 Å². The molecule has 0 saturated carbocycles. The van der Waals surface area contributed by atoms with E-state index in [4.69, 9.17) is 0 Å². The molecule has 1 aliphatic heterocycles. The smallest absolute Gasteiger partial charge is 0.237 e. The summed E-state index contributed by atoms with van der Waals surface area (Å²) in [6, 6.07) is 5.91. The summed E-state index contributed by atoms with van der Waals surface area (Å²) in [5, 5.41) is 11.7. The first kappa shape index (κ1) is 20.9. The summed E-state index contributed by atoms with van der Waals surface area (Å²) in [5.74, 6) is 1.24. The van der Waals surface area contributed by atoms with Gasteiger partial charge in [0.25, 0.3) is 0 Å². The Kier molecular flexibility index (Phi) is 6.14. The van der Waals surface area contributed by atoms with Crippen LogP contribution in [0.1, 0.15) is 30.3 Å². The summed E-state index contributed by atoms with van der Waals surface area (Å²) in [5.41, 5.74) is 2.90. The molecule has 0 bridgehead atoms. The van der Waals surface area contributed by atoms with Gasteiger partial charge in [-0.25, -0.2) is 8.42 Å². The van der Waals surface area contributed by atoms with Crippen molar-refractivity contribution < 1.29 is 13.2 Å². The molecule has 2 aromatic rings. The van der Waals surface area contributed by atoms with Gasteiger partial charge in [0, 0.05) is 19.2 Å². The Balaban J connectivity index is 1.63. The largest absolute Gasteiger partial charge is 0.325 e. The van der Waals surface area contributed by atoms with Crippen molar-refractivity contribution in [1.82, 2.24) is 14.8 Å². The third kappa shape index (κ3) is 4.75. The molecule has 0 radical (unpaired) electrons. The lowest BCUT2D eigenvalue weighted by molar-refractivity contribution is -0.115. The van der Waals surface area contributed by atoms with E-state index in [1.165, 1.54) is 11.8 Å². The number of sulfone groups is 1. The van der Waals surface area contributed by atoms with E-state index < -0.39 is 9.84 Å². The number of nitrogens with zero attached hydrogens (tertiary/aromatic N) is 3. The molecule has 1 amide bonds. The molecular formula is C19H26N4O3S2. The molecule has 0 unspecified atom stereocenters. The predicted octanol–water partition coefficient (Wildman–Crippen LogP) is 2.53. The molecular weight excluding hydrogens is 396 g/mol. The van der Waals surface area contributed by atoms with Crippen molar-refractivity contribution in [3.63, 3.8) is 0 Å². The van der Waals surface area contributed by atoms with Crippen molar-refractivity contribution >= 4 is 33.2 Å². The molecule has 152 valence electrons. The van der Waals surface area contributed by atoms with Gasteiger partial charge in [0.15, 0.2) is 15.0 Å². The summed E-state index contributed by atoms with van der Waals surface area (Å²) in [7, 11) is -1.05. The van der Waals surface area contributed by atoms with E-state index in [1.54, 1.807) is 0 Å². The fraction of sp³-hybridized carbons (Fsp3) is 0.526. The Hall–Kier alpha value is -1.87. The second-order valence-corrected chi connectivity index (χ2v) is 11.0. The number of nitrogens with one attached hydrogen (secondary N) is 1. The molecule has 2 heterocycles. The molecule has 9 heteroatoms. The molecule has 1 aromatic heterocycles. The first-order chi connectivity index (χ1) is 13.2. The fourth-order valence-corrected chi connectivity index (χ4v) is 6.06. The van der Waals surface area contributed by atoms with E-state index >= 15 is 0 Å². The predicted molar refractivity (Wildman–Crippen MR) is 111 cm³/mol. The molecule has 28 heavy (non-hydrogen) atoms. The number of thioether (sulfide) groups is 1. The molecule has 0 spiro atoms. The van der Waals surface area contributed by atoms with Gasteiger partial charge in [-0.3, -0.25) is 4.79 Å². The minimum absolute atomic E-state index is 0.0890. The van der Waals surface area contributed by atoms with Gasteiger partial charge in [-0.1, -0.05) is 30.0 Å². The second-order valence-electron chi connectivity index (χ2n) is 7.45. The molecule has 2 atom stereocenters. The normalized spacial score (nSPS) is 19.5. The zero-order valence-electron chi connectivity index (χ0n) is 16.6. The fourth-order valence-electron chi connectivity index (χ4n) is 3.36. The quantitative estimate of drug-likeness (QED) is 0.719. The van der Waals surface area contributed by atoms with E-state index in [1.807, 2.05) is 50.6 Å². The topological polar surface area (TPSA) is 94.0 Å². The first-order valence-electron chi connectivity index (χ1n) is 9.28. The van der Waals surface area contributed by atoms with Gasteiger partial charge in [-0.2, -0.15) is 0 Å². The van der Waals surface area contributed by atoms with Crippen molar-refractivity contribution in [2.75, 3.05) is 16.8 Å². The van der Waals surface area contributed by atoms with Crippen LogP contribution in [0.4, 0.5) is 5.69 Å². The highest BCUT2D eigenvalue weighted by molar-refractivity contribution is 8.00. The summed E-state index contributed by atoms with van der Waals surface area (Å²) >= 11 is 1.35. The molecule has 1 aromatic carbocycles. The van der Waals surface area contributed by atoms with Crippen LogP contribution < -0.4 is 5.32 Å². The Morgan fingerprint density at radius 2 is 2.00 bits per heavy atom. The maximum absolute atomic E-state index is 12.6. The summed E-state index contributed by atoms with van der Waals surface area (Å²) in [6.07, 6.45) is 1.26. The van der Waals surface area contributed by atoms with Crippen LogP contribution in [0.25, 0.3) is 0 Å². The van der Waals surface area contributed by atoms with E-state index in [2.05, 4.69) is 15.5 Å². The van der Waals surface area contributed by atoms with Crippen LogP contribution in [0.15, 0.2) is 23.4 Å². The number of anilines is 1. The number of amides is 1. The summed E-state index contributed by atoms with van der Waals surface area (Å²) in [4.78, 5) is 12.6. The second kappa shape index (κ2) is 8.24. The number of para-hydroxylation sites is 1. The SMILES string of the molecule is Cc1cccc(C)c1NC(=O)[C@@H](C)Sc1nnc(C[C@H]2CCS(=O)(=O)C2)n1C. The number of hydrogen-bond acceptors (Lipinski definition) is 6. The summed E-state index contributed by atoms with van der Waals surface area (Å²) < 4.78 is 25.2. The Morgan fingerprint density at radius 3 is 2.61 bits per heavy atom. The molecule has 7 nitrogen and oxygen atoms in total. The number of rotatable bonds is 6. The molecule has 0 aliphatic carbocycles. The number of carbonyl (C=O) groups is 1. The number of benzene rings is 1. The number of aromatic nitrogens is 3. The molecule has 1 fully saturated rings. The van der Waals surface area contributed by atoms with Gasteiger partial charge in [0.1, 0.15) is 5.82 Å². The van der Waals surface area contributed by atoms with Crippen LogP contribution in [0, 0.1) is 19.8 Å². The van der Waals surface area contributed by atoms with Crippen molar-refractivity contribution in [1.29, 1.82) is 0 Å². The highest BCUT2D eigenvalue weighted by Gasteiger charge is 2.29. The Bertz CT molecular complexity index is 965. The number of hydrogen-bond donors (Lipinski definition) is 1. The standard InChI is InChI=1S/C19H26N4O3S2/c1-12-6-5-7-13(2)17(12)20-18(24)14(3)27-19-22-21-16(23(19)4)10-15-8-9-28(25,26)11-15/h5-7,14-15H,8-11H2,1-4H3,(H,20,24)/t14-,15-/m1/s1. The maximum atomic E-state index is 12.6. The van der Waals surface area contributed by atoms with Gasteiger partial charge in [0.05, 0.1) is 16.8 Å². The van der Waals surface area contributed by atoms with Crippen LogP contribution in [0.2, 0.25) is 0 Å².